The largest absolute Gasteiger partial charge is 0.326 e. The van der Waals surface area contributed by atoms with E-state index in [4.69, 9.17) is 0 Å². The number of fused-ring (bicyclic) bond motifs is 3. The second-order valence-corrected chi connectivity index (χ2v) is 5.29. The van der Waals surface area contributed by atoms with Crippen LogP contribution < -0.4 is 0 Å². The maximum Gasteiger partial charge on any atom is 0.326 e. The van der Waals surface area contributed by atoms with E-state index < -0.39 is 0 Å². The molecule has 0 aromatic heterocycles. The van der Waals surface area contributed by atoms with Gasteiger partial charge >= 0.3 is 6.03 Å². The number of nitrogens with zero attached hydrogens (tertiary/aromatic N) is 3. The van der Waals surface area contributed by atoms with Crippen molar-refractivity contribution in [3.8, 4) is 0 Å². The van der Waals surface area contributed by atoms with E-state index in [1.807, 2.05) is 30.1 Å². The Balaban J connectivity index is 2.14. The van der Waals surface area contributed by atoms with Crippen LogP contribution in [0.2, 0.25) is 0 Å². The highest BCUT2D eigenvalue weighted by Crippen LogP contribution is 2.38. The Bertz CT molecular complexity index is 557. The van der Waals surface area contributed by atoms with Gasteiger partial charge in [0.2, 0.25) is 5.91 Å². The molecule has 0 aliphatic carbocycles. The van der Waals surface area contributed by atoms with Crippen LogP contribution in [0.1, 0.15) is 17.2 Å². The fraction of sp³-hybridized carbons (Fsp3) is 0.429. The van der Waals surface area contributed by atoms with Crippen LogP contribution in [0.25, 0.3) is 0 Å². The molecule has 5 nitrogen and oxygen atoms in total. The van der Waals surface area contributed by atoms with Crippen molar-refractivity contribution >= 4 is 11.9 Å². The first-order chi connectivity index (χ1) is 9.02. The van der Waals surface area contributed by atoms with E-state index in [-0.39, 0.29) is 24.0 Å². The van der Waals surface area contributed by atoms with Crippen LogP contribution in [0.3, 0.4) is 0 Å². The van der Waals surface area contributed by atoms with Gasteiger partial charge in [-0.2, -0.15) is 0 Å². The van der Waals surface area contributed by atoms with Crippen molar-refractivity contribution in [2.75, 3.05) is 21.1 Å². The fourth-order valence-electron chi connectivity index (χ4n) is 3.14. The zero-order valence-corrected chi connectivity index (χ0v) is 11.3. The van der Waals surface area contributed by atoms with E-state index in [0.29, 0.717) is 0 Å². The third kappa shape index (κ3) is 1.58. The van der Waals surface area contributed by atoms with Crippen LogP contribution in [0.4, 0.5) is 4.79 Å². The molecule has 2 atom stereocenters. The second-order valence-electron chi connectivity index (χ2n) is 5.29. The van der Waals surface area contributed by atoms with Crippen molar-refractivity contribution in [2.45, 2.75) is 18.6 Å². The Morgan fingerprint density at radius 2 is 1.74 bits per heavy atom. The number of benzene rings is 1. The SMILES string of the molecule is CN1C(=O)C2C(c3ccccc3CN2C)N(C)C1=O. The van der Waals surface area contributed by atoms with Crippen LogP contribution in [0.15, 0.2) is 24.3 Å². The minimum atomic E-state index is -0.289. The first-order valence-electron chi connectivity index (χ1n) is 6.34. The number of likely N-dealkylation sites (N-methyl/N-ethyl adjacent to an activating group) is 3. The number of carbonyl (C=O) groups is 2. The van der Waals surface area contributed by atoms with Gasteiger partial charge in [-0.1, -0.05) is 24.3 Å². The molecule has 0 bridgehead atoms. The summed E-state index contributed by atoms with van der Waals surface area (Å²) < 4.78 is 0. The Morgan fingerprint density at radius 1 is 1.05 bits per heavy atom. The molecule has 2 unspecified atom stereocenters. The van der Waals surface area contributed by atoms with E-state index in [2.05, 4.69) is 6.07 Å². The predicted molar refractivity (Wildman–Crippen MR) is 70.4 cm³/mol. The number of imide groups is 1. The van der Waals surface area contributed by atoms with Gasteiger partial charge in [0.15, 0.2) is 0 Å². The maximum atomic E-state index is 12.4. The average molecular weight is 259 g/mol. The molecular weight excluding hydrogens is 242 g/mol. The summed E-state index contributed by atoms with van der Waals surface area (Å²) >= 11 is 0. The topological polar surface area (TPSA) is 43.9 Å². The van der Waals surface area contributed by atoms with Gasteiger partial charge < -0.3 is 4.90 Å². The number of hydrogen-bond acceptors (Lipinski definition) is 3. The molecule has 2 heterocycles. The van der Waals surface area contributed by atoms with Gasteiger partial charge in [-0.25, -0.2) is 4.79 Å². The summed E-state index contributed by atoms with van der Waals surface area (Å²) in [6, 6.07) is 7.31. The molecule has 1 aromatic rings. The quantitative estimate of drug-likeness (QED) is 0.700. The maximum absolute atomic E-state index is 12.4. The second kappa shape index (κ2) is 4.06. The summed E-state index contributed by atoms with van der Waals surface area (Å²) in [6.45, 7) is 0.735. The molecule has 19 heavy (non-hydrogen) atoms. The summed E-state index contributed by atoms with van der Waals surface area (Å²) in [6.07, 6.45) is 0. The zero-order chi connectivity index (χ0) is 13.7. The lowest BCUT2D eigenvalue weighted by molar-refractivity contribution is -0.139. The summed E-state index contributed by atoms with van der Waals surface area (Å²) in [5.74, 6) is -0.120. The Hall–Kier alpha value is -1.88. The van der Waals surface area contributed by atoms with Gasteiger partial charge in [0.25, 0.3) is 0 Å². The molecule has 0 N–H and O–H groups in total. The zero-order valence-electron chi connectivity index (χ0n) is 11.3. The summed E-state index contributed by atoms with van der Waals surface area (Å²) in [7, 11) is 5.24. The van der Waals surface area contributed by atoms with Crippen molar-refractivity contribution in [3.05, 3.63) is 35.4 Å². The number of rotatable bonds is 0. The standard InChI is InChI=1S/C14H17N3O2/c1-15-8-9-6-4-5-7-10(9)11-12(15)13(18)17(3)14(19)16(11)2/h4-7,11-12H,8H2,1-3H3. The molecule has 3 amide bonds. The van der Waals surface area contributed by atoms with E-state index in [0.717, 1.165) is 12.1 Å². The monoisotopic (exact) mass is 259 g/mol. The van der Waals surface area contributed by atoms with Crippen molar-refractivity contribution in [1.29, 1.82) is 0 Å². The molecule has 0 saturated carbocycles. The third-order valence-electron chi connectivity index (χ3n) is 4.16. The lowest BCUT2D eigenvalue weighted by Crippen LogP contribution is -2.63. The van der Waals surface area contributed by atoms with Crippen molar-refractivity contribution in [2.24, 2.45) is 0 Å². The van der Waals surface area contributed by atoms with Crippen molar-refractivity contribution < 1.29 is 9.59 Å². The summed E-state index contributed by atoms with van der Waals surface area (Å²) in [4.78, 5) is 29.4. The highest BCUT2D eigenvalue weighted by atomic mass is 16.2. The Kier molecular flexibility index (Phi) is 2.60. The van der Waals surface area contributed by atoms with Crippen LogP contribution in [-0.4, -0.2) is 53.8 Å². The molecule has 100 valence electrons. The third-order valence-corrected chi connectivity index (χ3v) is 4.16. The molecule has 1 fully saturated rings. The minimum absolute atomic E-state index is 0.120. The molecule has 2 aliphatic heterocycles. The first-order valence-corrected chi connectivity index (χ1v) is 6.34. The molecule has 2 aliphatic rings. The lowest BCUT2D eigenvalue weighted by atomic mass is 9.86. The molecule has 5 heteroatoms. The average Bonchev–Trinajstić information content (AvgIpc) is 2.41. The minimum Gasteiger partial charge on any atom is -0.318 e. The molecule has 1 aromatic carbocycles. The molecule has 1 saturated heterocycles. The highest BCUT2D eigenvalue weighted by molar-refractivity contribution is 6.00. The number of hydrogen-bond donors (Lipinski definition) is 0. The fourth-order valence-corrected chi connectivity index (χ4v) is 3.14. The van der Waals surface area contributed by atoms with Gasteiger partial charge in [-0.05, 0) is 18.2 Å². The van der Waals surface area contributed by atoms with E-state index in [1.165, 1.54) is 10.5 Å². The Morgan fingerprint density at radius 3 is 2.47 bits per heavy atom. The molecule has 0 spiro atoms. The molecular formula is C14H17N3O2. The predicted octanol–water partition coefficient (Wildman–Crippen LogP) is 1.07. The van der Waals surface area contributed by atoms with Gasteiger partial charge in [0.1, 0.15) is 6.04 Å². The van der Waals surface area contributed by atoms with Gasteiger partial charge in [0.05, 0.1) is 6.04 Å². The van der Waals surface area contributed by atoms with Gasteiger partial charge in [-0.15, -0.1) is 0 Å². The van der Waals surface area contributed by atoms with Crippen LogP contribution in [0.5, 0.6) is 0 Å². The number of amides is 3. The summed E-state index contributed by atoms with van der Waals surface area (Å²) in [5, 5.41) is 0. The van der Waals surface area contributed by atoms with E-state index in [1.54, 1.807) is 19.0 Å². The normalized spacial score (nSPS) is 27.3. The lowest BCUT2D eigenvalue weighted by Gasteiger charge is -2.48. The Labute approximate surface area is 112 Å². The van der Waals surface area contributed by atoms with Crippen LogP contribution in [-0.2, 0) is 11.3 Å². The van der Waals surface area contributed by atoms with E-state index in [9.17, 15) is 9.59 Å². The van der Waals surface area contributed by atoms with Crippen molar-refractivity contribution in [3.63, 3.8) is 0 Å². The van der Waals surface area contributed by atoms with Gasteiger partial charge in [-0.3, -0.25) is 14.6 Å². The van der Waals surface area contributed by atoms with Gasteiger partial charge in [0, 0.05) is 20.6 Å². The number of urea groups is 1. The number of carbonyl (C=O) groups excluding carboxylic acids is 2. The van der Waals surface area contributed by atoms with Crippen LogP contribution in [0, 0.1) is 0 Å². The first kappa shape index (κ1) is 12.2. The summed E-state index contributed by atoms with van der Waals surface area (Å²) in [5.41, 5.74) is 2.27. The highest BCUT2D eigenvalue weighted by Gasteiger charge is 2.48. The van der Waals surface area contributed by atoms with E-state index >= 15 is 0 Å². The smallest absolute Gasteiger partial charge is 0.318 e. The molecule has 3 rings (SSSR count). The van der Waals surface area contributed by atoms with Crippen LogP contribution >= 0.6 is 0 Å². The molecule has 0 radical (unpaired) electrons. The van der Waals surface area contributed by atoms with Crippen molar-refractivity contribution in [1.82, 2.24) is 14.7 Å².